The van der Waals surface area contributed by atoms with Crippen molar-refractivity contribution < 1.29 is 9.47 Å². The summed E-state index contributed by atoms with van der Waals surface area (Å²) in [4.78, 5) is 2.66. The van der Waals surface area contributed by atoms with Gasteiger partial charge in [0.05, 0.1) is 12.3 Å². The normalized spacial score (nSPS) is 10.6. The Morgan fingerprint density at radius 2 is 1.95 bits per heavy atom. The average Bonchev–Trinajstić information content (AvgIpc) is 2.84. The molecule has 1 aromatic heterocycles. The van der Waals surface area contributed by atoms with Crippen molar-refractivity contribution in [3.05, 3.63) is 45.6 Å². The summed E-state index contributed by atoms with van der Waals surface area (Å²) in [6.07, 6.45) is 0. The molecule has 0 atom stereocenters. The molecule has 0 amide bonds. The van der Waals surface area contributed by atoms with Crippen LogP contribution in [0.2, 0.25) is 0 Å². The second-order valence-corrected chi connectivity index (χ2v) is 6.08. The first kappa shape index (κ1) is 14.9. The Morgan fingerprint density at radius 1 is 1.10 bits per heavy atom. The first-order valence-corrected chi connectivity index (χ1v) is 7.52. The molecule has 0 bridgehead atoms. The van der Waals surface area contributed by atoms with Crippen LogP contribution < -0.4 is 10.1 Å². The quantitative estimate of drug-likeness (QED) is 0.782. The van der Waals surface area contributed by atoms with E-state index in [1.165, 1.54) is 15.3 Å². The zero-order valence-corrected chi connectivity index (χ0v) is 13.0. The summed E-state index contributed by atoms with van der Waals surface area (Å²) in [5, 5.41) is 3.44. The molecule has 0 saturated heterocycles. The number of thiophene rings is 1. The second kappa shape index (κ2) is 7.31. The first-order valence-electron chi connectivity index (χ1n) is 6.70. The number of hydrogen-bond acceptors (Lipinski definition) is 4. The van der Waals surface area contributed by atoms with Gasteiger partial charge in [-0.1, -0.05) is 6.07 Å². The van der Waals surface area contributed by atoms with Crippen LogP contribution in [0.4, 0.5) is 5.69 Å². The van der Waals surface area contributed by atoms with Gasteiger partial charge in [0.1, 0.15) is 12.4 Å². The lowest BCUT2D eigenvalue weighted by Gasteiger charge is -2.13. The van der Waals surface area contributed by atoms with Gasteiger partial charge in [0.25, 0.3) is 0 Å². The molecular formula is C16H21NO2S. The summed E-state index contributed by atoms with van der Waals surface area (Å²) in [5.41, 5.74) is 2.22. The van der Waals surface area contributed by atoms with E-state index in [0.29, 0.717) is 13.2 Å². The van der Waals surface area contributed by atoms with Gasteiger partial charge in [0.15, 0.2) is 0 Å². The molecule has 0 unspecified atom stereocenters. The molecule has 108 valence electrons. The van der Waals surface area contributed by atoms with E-state index in [4.69, 9.17) is 9.47 Å². The Kier molecular flexibility index (Phi) is 5.44. The molecule has 1 heterocycles. The molecule has 2 aromatic rings. The van der Waals surface area contributed by atoms with E-state index >= 15 is 0 Å². The molecule has 3 nitrogen and oxygen atoms in total. The van der Waals surface area contributed by atoms with Gasteiger partial charge in [-0.05, 0) is 43.7 Å². The number of methoxy groups -OCH3 is 1. The van der Waals surface area contributed by atoms with Gasteiger partial charge in [-0.3, -0.25) is 0 Å². The van der Waals surface area contributed by atoms with Gasteiger partial charge in [-0.25, -0.2) is 0 Å². The Morgan fingerprint density at radius 3 is 2.65 bits per heavy atom. The molecule has 0 spiro atoms. The molecule has 0 aliphatic rings. The molecule has 0 aliphatic carbocycles. The Bertz CT molecular complexity index is 551. The summed E-state index contributed by atoms with van der Waals surface area (Å²) in [6, 6.07) is 10.5. The Balaban J connectivity index is 2.01. The summed E-state index contributed by atoms with van der Waals surface area (Å²) in [7, 11) is 1.68. The van der Waals surface area contributed by atoms with Crippen LogP contribution in [0.1, 0.15) is 15.3 Å². The Labute approximate surface area is 124 Å². The van der Waals surface area contributed by atoms with E-state index < -0.39 is 0 Å². The molecule has 20 heavy (non-hydrogen) atoms. The summed E-state index contributed by atoms with van der Waals surface area (Å²) < 4.78 is 10.8. The van der Waals surface area contributed by atoms with E-state index in [1.807, 2.05) is 11.3 Å². The maximum Gasteiger partial charge on any atom is 0.142 e. The molecule has 0 aliphatic heterocycles. The molecule has 4 heteroatoms. The van der Waals surface area contributed by atoms with Crippen molar-refractivity contribution in [3.63, 3.8) is 0 Å². The first-order chi connectivity index (χ1) is 9.69. The topological polar surface area (TPSA) is 30.5 Å². The van der Waals surface area contributed by atoms with Crippen molar-refractivity contribution in [1.82, 2.24) is 0 Å². The second-order valence-electron chi connectivity index (χ2n) is 4.71. The summed E-state index contributed by atoms with van der Waals surface area (Å²) in [5.74, 6) is 0.885. The highest BCUT2D eigenvalue weighted by Crippen LogP contribution is 2.27. The van der Waals surface area contributed by atoms with Crippen molar-refractivity contribution in [2.24, 2.45) is 0 Å². The lowest BCUT2D eigenvalue weighted by molar-refractivity contribution is 0.146. The lowest BCUT2D eigenvalue weighted by atomic mass is 10.2. The third-order valence-electron chi connectivity index (χ3n) is 2.93. The van der Waals surface area contributed by atoms with Crippen LogP contribution in [0.3, 0.4) is 0 Å². The number of nitrogens with one attached hydrogen (secondary N) is 1. The summed E-state index contributed by atoms with van der Waals surface area (Å²) in [6.45, 7) is 6.17. The van der Waals surface area contributed by atoms with Crippen molar-refractivity contribution >= 4 is 17.0 Å². The number of anilines is 1. The summed E-state index contributed by atoms with van der Waals surface area (Å²) >= 11 is 1.81. The number of ether oxygens (including phenoxy) is 2. The van der Waals surface area contributed by atoms with Crippen LogP contribution in [-0.2, 0) is 11.3 Å². The standard InChI is InChI=1S/C16H21NO2S/c1-12-4-7-15(16(10-12)19-9-8-18-3)17-11-14-6-5-13(2)20-14/h4-7,10,17H,8-9,11H2,1-3H3. The number of benzene rings is 1. The van der Waals surface area contributed by atoms with Crippen LogP contribution in [-0.4, -0.2) is 20.3 Å². The van der Waals surface area contributed by atoms with Crippen LogP contribution in [0, 0.1) is 13.8 Å². The molecule has 2 rings (SSSR count). The van der Waals surface area contributed by atoms with E-state index in [9.17, 15) is 0 Å². The highest BCUT2D eigenvalue weighted by molar-refractivity contribution is 7.11. The molecule has 1 aromatic carbocycles. The minimum absolute atomic E-state index is 0.562. The van der Waals surface area contributed by atoms with Crippen molar-refractivity contribution in [2.45, 2.75) is 20.4 Å². The maximum atomic E-state index is 5.77. The van der Waals surface area contributed by atoms with Gasteiger partial charge >= 0.3 is 0 Å². The predicted octanol–water partition coefficient (Wildman–Crippen LogP) is 4.00. The molecule has 0 saturated carbocycles. The average molecular weight is 291 g/mol. The van der Waals surface area contributed by atoms with Crippen molar-refractivity contribution in [1.29, 1.82) is 0 Å². The fourth-order valence-electron chi connectivity index (χ4n) is 1.89. The SMILES string of the molecule is COCCOc1cc(C)ccc1NCc1ccc(C)s1. The van der Waals surface area contributed by atoms with Crippen LogP contribution in [0.25, 0.3) is 0 Å². The van der Waals surface area contributed by atoms with Crippen molar-refractivity contribution in [2.75, 3.05) is 25.6 Å². The predicted molar refractivity (Wildman–Crippen MR) is 84.9 cm³/mol. The minimum Gasteiger partial charge on any atom is -0.489 e. The third-order valence-corrected chi connectivity index (χ3v) is 3.93. The third kappa shape index (κ3) is 4.25. The Hall–Kier alpha value is -1.52. The van der Waals surface area contributed by atoms with E-state index in [0.717, 1.165) is 18.0 Å². The van der Waals surface area contributed by atoms with Gasteiger partial charge in [0, 0.05) is 23.4 Å². The molecule has 1 N–H and O–H groups in total. The van der Waals surface area contributed by atoms with Crippen LogP contribution >= 0.6 is 11.3 Å². The molecule has 0 radical (unpaired) electrons. The zero-order chi connectivity index (χ0) is 14.4. The van der Waals surface area contributed by atoms with Gasteiger partial charge in [-0.15, -0.1) is 11.3 Å². The fraction of sp³-hybridized carbons (Fsp3) is 0.375. The van der Waals surface area contributed by atoms with Crippen LogP contribution in [0.15, 0.2) is 30.3 Å². The smallest absolute Gasteiger partial charge is 0.142 e. The van der Waals surface area contributed by atoms with Gasteiger partial charge in [-0.2, -0.15) is 0 Å². The monoisotopic (exact) mass is 291 g/mol. The van der Waals surface area contributed by atoms with Gasteiger partial charge < -0.3 is 14.8 Å². The van der Waals surface area contributed by atoms with E-state index in [1.54, 1.807) is 7.11 Å². The van der Waals surface area contributed by atoms with E-state index in [2.05, 4.69) is 49.5 Å². The number of aryl methyl sites for hydroxylation is 2. The fourth-order valence-corrected chi connectivity index (χ4v) is 2.72. The van der Waals surface area contributed by atoms with E-state index in [-0.39, 0.29) is 0 Å². The largest absolute Gasteiger partial charge is 0.489 e. The van der Waals surface area contributed by atoms with Crippen molar-refractivity contribution in [3.8, 4) is 5.75 Å². The zero-order valence-electron chi connectivity index (χ0n) is 12.2. The highest BCUT2D eigenvalue weighted by atomic mass is 32.1. The number of hydrogen-bond donors (Lipinski definition) is 1. The molecular weight excluding hydrogens is 270 g/mol. The lowest BCUT2D eigenvalue weighted by Crippen LogP contribution is -2.07. The minimum atomic E-state index is 0.562. The highest BCUT2D eigenvalue weighted by Gasteiger charge is 2.05. The van der Waals surface area contributed by atoms with Crippen LogP contribution in [0.5, 0.6) is 5.75 Å². The number of rotatable bonds is 7. The molecule has 0 fully saturated rings. The van der Waals surface area contributed by atoms with Gasteiger partial charge in [0.2, 0.25) is 0 Å². The maximum absolute atomic E-state index is 5.77.